The molecule has 1 unspecified atom stereocenters. The molecule has 1 aromatic heterocycles. The monoisotopic (exact) mass is 200 g/mol. The number of amidine groups is 1. The van der Waals surface area contributed by atoms with Crippen LogP contribution in [-0.2, 0) is 0 Å². The minimum Gasteiger partial charge on any atom is -0.416 e. The third-order valence-corrected chi connectivity index (χ3v) is 2.57. The molecule has 0 aromatic carbocycles. The van der Waals surface area contributed by atoms with E-state index in [1.807, 2.05) is 6.92 Å². The number of nitrogens with two attached hydrogens (primary N) is 1. The highest BCUT2D eigenvalue weighted by Crippen LogP contribution is 2.18. The first-order valence-electron chi connectivity index (χ1n) is 3.86. The average molecular weight is 200 g/mol. The molecule has 0 saturated heterocycles. The van der Waals surface area contributed by atoms with Crippen LogP contribution in [0.4, 0.5) is 0 Å². The summed E-state index contributed by atoms with van der Waals surface area (Å²) in [6.45, 7) is 3.63. The van der Waals surface area contributed by atoms with Gasteiger partial charge >= 0.3 is 0 Å². The molecule has 0 aliphatic heterocycles. The molecule has 13 heavy (non-hydrogen) atoms. The first kappa shape index (κ1) is 10.0. The molecule has 1 atom stereocenters. The lowest BCUT2D eigenvalue weighted by Crippen LogP contribution is -2.21. The summed E-state index contributed by atoms with van der Waals surface area (Å²) in [5.74, 6) is 1.47. The van der Waals surface area contributed by atoms with E-state index >= 15 is 0 Å². The summed E-state index contributed by atoms with van der Waals surface area (Å²) in [4.78, 5) is 0. The van der Waals surface area contributed by atoms with Crippen molar-refractivity contribution in [3.8, 4) is 0 Å². The van der Waals surface area contributed by atoms with Gasteiger partial charge in [0.1, 0.15) is 0 Å². The smallest absolute Gasteiger partial charge is 0.276 e. The van der Waals surface area contributed by atoms with Crippen molar-refractivity contribution in [2.24, 2.45) is 11.7 Å². The van der Waals surface area contributed by atoms with E-state index in [2.05, 4.69) is 10.2 Å². The Bertz CT molecular complexity index is 298. The van der Waals surface area contributed by atoms with Gasteiger partial charge in [0.2, 0.25) is 5.89 Å². The van der Waals surface area contributed by atoms with Gasteiger partial charge in [-0.15, -0.1) is 10.2 Å². The van der Waals surface area contributed by atoms with Gasteiger partial charge in [-0.1, -0.05) is 18.7 Å². The molecule has 1 heterocycles. The number of hydrogen-bond acceptors (Lipinski definition) is 5. The van der Waals surface area contributed by atoms with Crippen LogP contribution in [0.25, 0.3) is 0 Å². The van der Waals surface area contributed by atoms with Crippen molar-refractivity contribution in [3.05, 3.63) is 5.89 Å². The predicted octanol–water partition coefficient (Wildman–Crippen LogP) is 1.04. The second kappa shape index (κ2) is 4.27. The van der Waals surface area contributed by atoms with Crippen molar-refractivity contribution in [3.63, 3.8) is 0 Å². The van der Waals surface area contributed by atoms with E-state index in [1.54, 1.807) is 6.92 Å². The van der Waals surface area contributed by atoms with Crippen molar-refractivity contribution >= 4 is 17.6 Å². The number of nitrogens with one attached hydrogen (secondary N) is 1. The van der Waals surface area contributed by atoms with Crippen molar-refractivity contribution < 1.29 is 4.42 Å². The van der Waals surface area contributed by atoms with Crippen LogP contribution >= 0.6 is 11.8 Å². The Labute approximate surface area is 80.6 Å². The van der Waals surface area contributed by atoms with Gasteiger partial charge in [-0.05, 0) is 0 Å². The molecule has 0 fully saturated rings. The van der Waals surface area contributed by atoms with Crippen molar-refractivity contribution in [2.45, 2.75) is 19.1 Å². The third-order valence-electron chi connectivity index (χ3n) is 1.50. The second-order valence-electron chi connectivity index (χ2n) is 2.75. The maximum absolute atomic E-state index is 7.17. The van der Waals surface area contributed by atoms with E-state index in [0.29, 0.717) is 16.9 Å². The van der Waals surface area contributed by atoms with Crippen LogP contribution in [0.15, 0.2) is 9.64 Å². The average Bonchev–Trinajstić information content (AvgIpc) is 2.47. The normalized spacial score (nSPS) is 12.8. The van der Waals surface area contributed by atoms with E-state index in [4.69, 9.17) is 15.6 Å². The van der Waals surface area contributed by atoms with Gasteiger partial charge in [0.25, 0.3) is 5.22 Å². The number of nitrogens with zero attached hydrogens (tertiary/aromatic N) is 2. The molecule has 0 amide bonds. The van der Waals surface area contributed by atoms with Crippen LogP contribution < -0.4 is 5.73 Å². The van der Waals surface area contributed by atoms with E-state index < -0.39 is 0 Å². The van der Waals surface area contributed by atoms with Gasteiger partial charge in [-0.3, -0.25) is 5.41 Å². The van der Waals surface area contributed by atoms with Crippen molar-refractivity contribution in [2.75, 3.05) is 5.75 Å². The molecule has 1 aromatic rings. The zero-order chi connectivity index (χ0) is 9.84. The lowest BCUT2D eigenvalue weighted by atomic mass is 10.2. The summed E-state index contributed by atoms with van der Waals surface area (Å²) in [6, 6.07) is 0. The first-order chi connectivity index (χ1) is 6.09. The molecule has 0 bridgehead atoms. The molecular formula is C7H12N4OS. The number of aromatic nitrogens is 2. The summed E-state index contributed by atoms with van der Waals surface area (Å²) in [5, 5.41) is 15.2. The Balaban J connectivity index is 2.39. The SMILES string of the molecule is Cc1nnc(SCC(C)C(=N)N)o1. The fraction of sp³-hybridized carbons (Fsp3) is 0.571. The van der Waals surface area contributed by atoms with Gasteiger partial charge in [0.15, 0.2) is 0 Å². The minimum atomic E-state index is 0.0391. The van der Waals surface area contributed by atoms with Crippen LogP contribution in [0.1, 0.15) is 12.8 Å². The summed E-state index contributed by atoms with van der Waals surface area (Å²) in [6.07, 6.45) is 0. The summed E-state index contributed by atoms with van der Waals surface area (Å²) >= 11 is 1.42. The van der Waals surface area contributed by atoms with Crippen LogP contribution in [-0.4, -0.2) is 21.8 Å². The Kier molecular flexibility index (Phi) is 3.30. The zero-order valence-corrected chi connectivity index (χ0v) is 8.39. The molecule has 0 aliphatic carbocycles. The van der Waals surface area contributed by atoms with E-state index in [0.717, 1.165) is 0 Å². The van der Waals surface area contributed by atoms with Crippen molar-refractivity contribution in [1.82, 2.24) is 10.2 Å². The molecule has 5 nitrogen and oxygen atoms in total. The highest BCUT2D eigenvalue weighted by molar-refractivity contribution is 7.99. The van der Waals surface area contributed by atoms with E-state index in [-0.39, 0.29) is 11.8 Å². The molecule has 0 saturated carbocycles. The third kappa shape index (κ3) is 3.06. The van der Waals surface area contributed by atoms with Gasteiger partial charge in [0.05, 0.1) is 5.84 Å². The Morgan fingerprint density at radius 2 is 2.38 bits per heavy atom. The van der Waals surface area contributed by atoms with Crippen LogP contribution in [0.3, 0.4) is 0 Å². The number of rotatable bonds is 4. The van der Waals surface area contributed by atoms with Gasteiger partial charge in [-0.25, -0.2) is 0 Å². The van der Waals surface area contributed by atoms with Crippen LogP contribution in [0.5, 0.6) is 0 Å². The van der Waals surface area contributed by atoms with E-state index in [9.17, 15) is 0 Å². The molecule has 0 radical (unpaired) electrons. The largest absolute Gasteiger partial charge is 0.416 e. The van der Waals surface area contributed by atoms with Crippen LogP contribution in [0, 0.1) is 18.3 Å². The molecular weight excluding hydrogens is 188 g/mol. The van der Waals surface area contributed by atoms with Crippen LogP contribution in [0.2, 0.25) is 0 Å². The maximum Gasteiger partial charge on any atom is 0.276 e. The topological polar surface area (TPSA) is 88.8 Å². The van der Waals surface area contributed by atoms with Gasteiger partial charge in [-0.2, -0.15) is 0 Å². The lowest BCUT2D eigenvalue weighted by molar-refractivity contribution is 0.429. The Hall–Kier alpha value is -1.04. The van der Waals surface area contributed by atoms with Gasteiger partial charge < -0.3 is 10.2 Å². The predicted molar refractivity (Wildman–Crippen MR) is 50.8 cm³/mol. The number of thioether (sulfide) groups is 1. The Morgan fingerprint density at radius 1 is 1.69 bits per heavy atom. The molecule has 0 aliphatic rings. The maximum atomic E-state index is 7.17. The fourth-order valence-corrected chi connectivity index (χ4v) is 1.47. The Morgan fingerprint density at radius 3 is 2.85 bits per heavy atom. The molecule has 72 valence electrons. The first-order valence-corrected chi connectivity index (χ1v) is 4.85. The fourth-order valence-electron chi connectivity index (χ4n) is 0.623. The van der Waals surface area contributed by atoms with Gasteiger partial charge in [0, 0.05) is 18.6 Å². The molecule has 3 N–H and O–H groups in total. The van der Waals surface area contributed by atoms with E-state index in [1.165, 1.54) is 11.8 Å². The summed E-state index contributed by atoms with van der Waals surface area (Å²) < 4.78 is 5.14. The minimum absolute atomic E-state index is 0.0391. The number of hydrogen-bond donors (Lipinski definition) is 2. The highest BCUT2D eigenvalue weighted by Gasteiger charge is 2.09. The summed E-state index contributed by atoms with van der Waals surface area (Å²) in [5.41, 5.74) is 5.31. The molecule has 6 heteroatoms. The molecule has 1 rings (SSSR count). The lowest BCUT2D eigenvalue weighted by Gasteiger charge is -2.05. The molecule has 0 spiro atoms. The standard InChI is InChI=1S/C7H12N4OS/c1-4(6(8)9)3-13-7-11-10-5(2)12-7/h4H,3H2,1-2H3,(H3,8,9). The highest BCUT2D eigenvalue weighted by atomic mass is 32.2. The van der Waals surface area contributed by atoms with Crippen molar-refractivity contribution in [1.29, 1.82) is 5.41 Å². The quantitative estimate of drug-likeness (QED) is 0.430. The second-order valence-corrected chi connectivity index (χ2v) is 3.73. The number of aryl methyl sites for hydroxylation is 1. The summed E-state index contributed by atoms with van der Waals surface area (Å²) in [7, 11) is 0. The zero-order valence-electron chi connectivity index (χ0n) is 7.57.